The number of carboxylic acids is 1. The van der Waals surface area contributed by atoms with Crippen LogP contribution in [0.3, 0.4) is 0 Å². The Kier molecular flexibility index (Phi) is 16.7. The first-order valence-electron chi connectivity index (χ1n) is 8.94. The lowest BCUT2D eigenvalue weighted by Gasteiger charge is -1.95. The van der Waals surface area contributed by atoms with E-state index in [1.807, 2.05) is 0 Å². The van der Waals surface area contributed by atoms with Gasteiger partial charge in [-0.2, -0.15) is 0 Å². The van der Waals surface area contributed by atoms with Crippen LogP contribution in [0.5, 0.6) is 0 Å². The molecular weight excluding hydrogens is 272 g/mol. The predicted molar refractivity (Wildman–Crippen MR) is 96.1 cm³/mol. The van der Waals surface area contributed by atoms with Crippen molar-refractivity contribution in [2.24, 2.45) is 0 Å². The monoisotopic (exact) mass is 306 g/mol. The van der Waals surface area contributed by atoms with Gasteiger partial charge in [-0.25, -0.2) is 0 Å². The van der Waals surface area contributed by atoms with E-state index in [1.54, 1.807) is 0 Å². The Hall–Kier alpha value is -1.31. The fraction of sp³-hybridized carbons (Fsp3) is 0.650. The van der Waals surface area contributed by atoms with Gasteiger partial charge >= 0.3 is 5.97 Å². The van der Waals surface area contributed by atoms with E-state index in [-0.39, 0.29) is 0 Å². The first-order valence-corrected chi connectivity index (χ1v) is 8.94. The molecule has 2 heteroatoms. The molecule has 2 nitrogen and oxygen atoms in total. The van der Waals surface area contributed by atoms with Crippen molar-refractivity contribution in [2.75, 3.05) is 0 Å². The third kappa shape index (κ3) is 18.7. The SMILES string of the molecule is CCCCC/C=C/C/C=C\CC/C=C\CCCCCC(=O)O. The van der Waals surface area contributed by atoms with Crippen LogP contribution >= 0.6 is 0 Å². The molecule has 0 saturated heterocycles. The van der Waals surface area contributed by atoms with Gasteiger partial charge in [-0.3, -0.25) is 4.79 Å². The molecule has 0 radical (unpaired) electrons. The summed E-state index contributed by atoms with van der Waals surface area (Å²) >= 11 is 0. The summed E-state index contributed by atoms with van der Waals surface area (Å²) in [5, 5.41) is 8.51. The Morgan fingerprint density at radius 1 is 0.727 bits per heavy atom. The van der Waals surface area contributed by atoms with Crippen LogP contribution in [0.4, 0.5) is 0 Å². The molecule has 0 aliphatic rings. The summed E-state index contributed by atoms with van der Waals surface area (Å²) in [5.41, 5.74) is 0. The second kappa shape index (κ2) is 17.7. The fourth-order valence-electron chi connectivity index (χ4n) is 2.16. The Morgan fingerprint density at radius 3 is 1.91 bits per heavy atom. The zero-order chi connectivity index (χ0) is 16.3. The van der Waals surface area contributed by atoms with E-state index in [9.17, 15) is 4.79 Å². The molecule has 1 N–H and O–H groups in total. The number of carboxylic acid groups (broad SMARTS) is 1. The molecule has 0 bridgehead atoms. The van der Waals surface area contributed by atoms with Crippen molar-refractivity contribution in [3.05, 3.63) is 36.5 Å². The lowest BCUT2D eigenvalue weighted by atomic mass is 10.1. The molecule has 0 spiro atoms. The minimum atomic E-state index is -0.682. The molecule has 0 aromatic carbocycles. The maximum absolute atomic E-state index is 10.3. The molecule has 0 saturated carbocycles. The third-order valence-corrected chi connectivity index (χ3v) is 3.51. The largest absolute Gasteiger partial charge is 0.481 e. The highest BCUT2D eigenvalue weighted by Crippen LogP contribution is 2.05. The molecule has 0 heterocycles. The lowest BCUT2D eigenvalue weighted by Crippen LogP contribution is -1.93. The van der Waals surface area contributed by atoms with Gasteiger partial charge in [-0.15, -0.1) is 0 Å². The van der Waals surface area contributed by atoms with Crippen molar-refractivity contribution in [1.82, 2.24) is 0 Å². The van der Waals surface area contributed by atoms with Gasteiger partial charge < -0.3 is 5.11 Å². The molecule has 0 aliphatic carbocycles. The highest BCUT2D eigenvalue weighted by molar-refractivity contribution is 5.66. The van der Waals surface area contributed by atoms with Crippen LogP contribution < -0.4 is 0 Å². The van der Waals surface area contributed by atoms with Gasteiger partial charge in [-0.1, -0.05) is 62.6 Å². The predicted octanol–water partition coefficient (Wildman–Crippen LogP) is 6.44. The molecule has 0 unspecified atom stereocenters. The quantitative estimate of drug-likeness (QED) is 0.279. The summed E-state index contributed by atoms with van der Waals surface area (Å²) in [6.07, 6.45) is 26.3. The Labute approximate surface area is 137 Å². The highest BCUT2D eigenvalue weighted by Gasteiger charge is 1.94. The molecule has 0 aliphatic heterocycles. The zero-order valence-corrected chi connectivity index (χ0v) is 14.3. The number of unbranched alkanes of at least 4 members (excludes halogenated alkanes) is 7. The van der Waals surface area contributed by atoms with Gasteiger partial charge in [0.05, 0.1) is 0 Å². The molecule has 126 valence electrons. The summed E-state index contributed by atoms with van der Waals surface area (Å²) in [4.78, 5) is 10.3. The van der Waals surface area contributed by atoms with Crippen molar-refractivity contribution >= 4 is 5.97 Å². The number of rotatable bonds is 15. The molecule has 0 fully saturated rings. The summed E-state index contributed by atoms with van der Waals surface area (Å²) in [6.45, 7) is 2.24. The fourth-order valence-corrected chi connectivity index (χ4v) is 2.16. The van der Waals surface area contributed by atoms with E-state index in [4.69, 9.17) is 5.11 Å². The maximum Gasteiger partial charge on any atom is 0.303 e. The lowest BCUT2D eigenvalue weighted by molar-refractivity contribution is -0.137. The van der Waals surface area contributed by atoms with Gasteiger partial charge in [0, 0.05) is 6.42 Å². The van der Waals surface area contributed by atoms with Crippen LogP contribution in [0.1, 0.15) is 84.0 Å². The topological polar surface area (TPSA) is 37.3 Å². The normalized spacial score (nSPS) is 12.0. The van der Waals surface area contributed by atoms with Crippen LogP contribution in [0.15, 0.2) is 36.5 Å². The molecular formula is C20H34O2. The minimum Gasteiger partial charge on any atom is -0.481 e. The van der Waals surface area contributed by atoms with E-state index in [2.05, 4.69) is 43.4 Å². The van der Waals surface area contributed by atoms with Crippen LogP contribution in [-0.4, -0.2) is 11.1 Å². The van der Waals surface area contributed by atoms with Gasteiger partial charge in [0.25, 0.3) is 0 Å². The average Bonchev–Trinajstić information content (AvgIpc) is 2.50. The van der Waals surface area contributed by atoms with Crippen LogP contribution in [0, 0.1) is 0 Å². The van der Waals surface area contributed by atoms with Crippen LogP contribution in [-0.2, 0) is 4.79 Å². The van der Waals surface area contributed by atoms with E-state index in [1.165, 1.54) is 25.7 Å². The smallest absolute Gasteiger partial charge is 0.303 e. The minimum absolute atomic E-state index is 0.307. The van der Waals surface area contributed by atoms with Gasteiger partial charge in [0.15, 0.2) is 0 Å². The average molecular weight is 306 g/mol. The second-order valence-corrected chi connectivity index (χ2v) is 5.72. The van der Waals surface area contributed by atoms with Crippen molar-refractivity contribution < 1.29 is 9.90 Å². The van der Waals surface area contributed by atoms with Gasteiger partial charge in [-0.05, 0) is 51.4 Å². The Bertz CT molecular complexity index is 327. The third-order valence-electron chi connectivity index (χ3n) is 3.51. The molecule has 0 atom stereocenters. The van der Waals surface area contributed by atoms with Crippen LogP contribution in [0.25, 0.3) is 0 Å². The van der Waals surface area contributed by atoms with Gasteiger partial charge in [0.2, 0.25) is 0 Å². The second-order valence-electron chi connectivity index (χ2n) is 5.72. The molecule has 0 aromatic heterocycles. The van der Waals surface area contributed by atoms with Crippen molar-refractivity contribution in [3.8, 4) is 0 Å². The molecule has 0 aromatic rings. The van der Waals surface area contributed by atoms with E-state index < -0.39 is 5.97 Å². The maximum atomic E-state index is 10.3. The van der Waals surface area contributed by atoms with Crippen molar-refractivity contribution in [1.29, 1.82) is 0 Å². The van der Waals surface area contributed by atoms with Crippen molar-refractivity contribution in [2.45, 2.75) is 84.0 Å². The van der Waals surface area contributed by atoms with E-state index >= 15 is 0 Å². The van der Waals surface area contributed by atoms with Gasteiger partial charge in [0.1, 0.15) is 0 Å². The first-order chi connectivity index (χ1) is 10.8. The van der Waals surface area contributed by atoms with E-state index in [0.717, 1.165) is 44.9 Å². The summed E-state index contributed by atoms with van der Waals surface area (Å²) in [5.74, 6) is -0.682. The highest BCUT2D eigenvalue weighted by atomic mass is 16.4. The summed E-state index contributed by atoms with van der Waals surface area (Å²) < 4.78 is 0. The zero-order valence-electron chi connectivity index (χ0n) is 14.3. The number of aliphatic carboxylic acids is 1. The Balaban J connectivity index is 3.28. The molecule has 22 heavy (non-hydrogen) atoms. The summed E-state index contributed by atoms with van der Waals surface area (Å²) in [6, 6.07) is 0. The molecule has 0 amide bonds. The Morgan fingerprint density at radius 2 is 1.27 bits per heavy atom. The standard InChI is InChI=1S/C20H34O2/c1-2-3-4-5-6-7-8-9-10-11-12-13-14-15-16-17-18-19-20(21)22/h6-7,9-10,13-14H,2-5,8,11-12,15-19H2,1H3,(H,21,22)/b7-6+,10-9-,14-13-. The van der Waals surface area contributed by atoms with Crippen molar-refractivity contribution in [3.63, 3.8) is 0 Å². The first kappa shape index (κ1) is 20.7. The number of carbonyl (C=O) groups is 1. The summed E-state index contributed by atoms with van der Waals surface area (Å²) in [7, 11) is 0. The van der Waals surface area contributed by atoms with Crippen LogP contribution in [0.2, 0.25) is 0 Å². The van der Waals surface area contributed by atoms with E-state index in [0.29, 0.717) is 6.42 Å². The number of hydrogen-bond acceptors (Lipinski definition) is 1. The number of hydrogen-bond donors (Lipinski definition) is 1. The molecule has 0 rings (SSSR count). The number of allylic oxidation sites excluding steroid dienone is 6.